The average Bonchev–Trinajstić information content (AvgIpc) is 2.61. The largest absolute Gasteiger partial charge is 0.490 e. The molecule has 120 valence electrons. The highest BCUT2D eigenvalue weighted by Crippen LogP contribution is 2.11. The van der Waals surface area contributed by atoms with Gasteiger partial charge in [0.25, 0.3) is 5.56 Å². The van der Waals surface area contributed by atoms with Gasteiger partial charge in [0.2, 0.25) is 5.82 Å². The van der Waals surface area contributed by atoms with Crippen molar-refractivity contribution in [3.8, 4) is 5.75 Å². The Morgan fingerprint density at radius 3 is 2.79 bits per heavy atom. The fourth-order valence-electron chi connectivity index (χ4n) is 2.08. The summed E-state index contributed by atoms with van der Waals surface area (Å²) >= 11 is 0. The lowest BCUT2D eigenvalue weighted by Crippen LogP contribution is -2.13. The first-order valence-corrected chi connectivity index (χ1v) is 7.38. The quantitative estimate of drug-likeness (QED) is 0.416. The molecule has 2 aromatic carbocycles. The van der Waals surface area contributed by atoms with Gasteiger partial charge in [0.15, 0.2) is 0 Å². The van der Waals surface area contributed by atoms with Gasteiger partial charge in [-0.2, -0.15) is 5.10 Å². The average molecular weight is 320 g/mol. The second kappa shape index (κ2) is 7.23. The van der Waals surface area contributed by atoms with E-state index < -0.39 is 0 Å². The topological polar surface area (TPSA) is 79.4 Å². The van der Waals surface area contributed by atoms with Gasteiger partial charge in [0, 0.05) is 0 Å². The summed E-state index contributed by atoms with van der Waals surface area (Å²) in [6.45, 7) is 4.06. The fourth-order valence-corrected chi connectivity index (χ4v) is 2.08. The summed E-state index contributed by atoms with van der Waals surface area (Å²) in [5.41, 5.74) is 4.60. The summed E-state index contributed by atoms with van der Waals surface area (Å²) in [7, 11) is 0. The number of rotatable bonds is 6. The number of aromatic nitrogens is 2. The number of para-hydroxylation sites is 2. The number of ether oxygens (including phenoxy) is 1. The van der Waals surface area contributed by atoms with Gasteiger partial charge in [0.05, 0.1) is 17.2 Å². The summed E-state index contributed by atoms with van der Waals surface area (Å²) in [5, 5.41) is 4.06. The van der Waals surface area contributed by atoms with Crippen LogP contribution in [0.25, 0.3) is 11.0 Å². The minimum atomic E-state index is -0.320. The molecule has 1 heterocycles. The number of fused-ring (bicyclic) bond motifs is 1. The number of hydrogen-bond donors (Lipinski definition) is 2. The van der Waals surface area contributed by atoms with Gasteiger partial charge in [-0.15, -0.1) is 0 Å². The highest BCUT2D eigenvalue weighted by molar-refractivity contribution is 5.80. The number of anilines is 1. The molecule has 0 spiro atoms. The number of hydrazone groups is 1. The Balaban J connectivity index is 1.71. The molecule has 0 aliphatic carbocycles. The van der Waals surface area contributed by atoms with Gasteiger partial charge in [-0.25, -0.2) is 4.98 Å². The van der Waals surface area contributed by atoms with Crippen LogP contribution in [0.15, 0.2) is 71.1 Å². The lowest BCUT2D eigenvalue weighted by Gasteiger charge is -2.03. The van der Waals surface area contributed by atoms with Crippen molar-refractivity contribution in [3.05, 3.63) is 77.1 Å². The first-order chi connectivity index (χ1) is 11.8. The molecule has 0 atom stereocenters. The van der Waals surface area contributed by atoms with E-state index in [1.54, 1.807) is 18.4 Å². The lowest BCUT2D eigenvalue weighted by atomic mass is 10.2. The van der Waals surface area contributed by atoms with Crippen LogP contribution in [0.2, 0.25) is 0 Å². The van der Waals surface area contributed by atoms with Gasteiger partial charge < -0.3 is 9.72 Å². The molecule has 6 heteroatoms. The van der Waals surface area contributed by atoms with E-state index in [0.717, 1.165) is 11.3 Å². The monoisotopic (exact) mass is 320 g/mol. The summed E-state index contributed by atoms with van der Waals surface area (Å²) in [6.07, 6.45) is 3.29. The normalized spacial score (nSPS) is 10.8. The van der Waals surface area contributed by atoms with Crippen molar-refractivity contribution in [2.24, 2.45) is 5.10 Å². The van der Waals surface area contributed by atoms with Crippen molar-refractivity contribution in [1.29, 1.82) is 0 Å². The van der Waals surface area contributed by atoms with E-state index in [2.05, 4.69) is 27.1 Å². The summed E-state index contributed by atoms with van der Waals surface area (Å²) in [5.74, 6) is 0.906. The number of benzene rings is 2. The highest BCUT2D eigenvalue weighted by Gasteiger charge is 2.02. The zero-order chi connectivity index (χ0) is 16.8. The molecule has 3 rings (SSSR count). The Labute approximate surface area is 138 Å². The van der Waals surface area contributed by atoms with E-state index in [1.165, 1.54) is 0 Å². The van der Waals surface area contributed by atoms with E-state index in [9.17, 15) is 4.79 Å². The van der Waals surface area contributed by atoms with Crippen LogP contribution in [-0.4, -0.2) is 22.8 Å². The van der Waals surface area contributed by atoms with Crippen LogP contribution >= 0.6 is 0 Å². The van der Waals surface area contributed by atoms with Crippen LogP contribution in [0.4, 0.5) is 5.82 Å². The molecule has 24 heavy (non-hydrogen) atoms. The molecule has 6 nitrogen and oxygen atoms in total. The minimum Gasteiger partial charge on any atom is -0.490 e. The van der Waals surface area contributed by atoms with Gasteiger partial charge in [-0.05, 0) is 42.0 Å². The molecule has 1 aromatic heterocycles. The van der Waals surface area contributed by atoms with Crippen LogP contribution < -0.4 is 15.7 Å². The number of H-pyrrole nitrogens is 1. The Bertz CT molecular complexity index is 930. The first-order valence-electron chi connectivity index (χ1n) is 7.38. The summed E-state index contributed by atoms with van der Waals surface area (Å²) in [6, 6.07) is 14.7. The molecule has 0 unspecified atom stereocenters. The van der Waals surface area contributed by atoms with Crippen LogP contribution in [0, 0.1) is 0 Å². The van der Waals surface area contributed by atoms with Crippen LogP contribution in [-0.2, 0) is 0 Å². The van der Waals surface area contributed by atoms with Crippen molar-refractivity contribution in [3.63, 3.8) is 0 Å². The van der Waals surface area contributed by atoms with E-state index in [-0.39, 0.29) is 11.4 Å². The van der Waals surface area contributed by atoms with Gasteiger partial charge in [0.1, 0.15) is 12.4 Å². The standard InChI is InChI=1S/C18H16N4O2/c1-2-11-24-14-9-7-13(8-10-14)12-19-22-17-18(23)21-16-6-4-3-5-15(16)20-17/h2-10,12H,1,11H2,(H,20,22)(H,21,23)/b19-12-. The molecule has 0 saturated carbocycles. The molecule has 0 radical (unpaired) electrons. The van der Waals surface area contributed by atoms with Crippen molar-refractivity contribution in [2.75, 3.05) is 12.0 Å². The summed E-state index contributed by atoms with van der Waals surface area (Å²) in [4.78, 5) is 19.0. The van der Waals surface area contributed by atoms with Crippen molar-refractivity contribution < 1.29 is 4.74 Å². The van der Waals surface area contributed by atoms with Gasteiger partial charge in [-0.1, -0.05) is 24.8 Å². The molecule has 0 amide bonds. The number of aromatic amines is 1. The Kier molecular flexibility index (Phi) is 4.67. The molecule has 2 N–H and O–H groups in total. The maximum Gasteiger partial charge on any atom is 0.293 e. The Hall–Kier alpha value is -3.41. The number of hydrogen-bond acceptors (Lipinski definition) is 5. The number of nitrogens with zero attached hydrogens (tertiary/aromatic N) is 2. The molecule has 0 saturated heterocycles. The molecule has 0 aliphatic rings. The number of nitrogens with one attached hydrogen (secondary N) is 2. The zero-order valence-electron chi connectivity index (χ0n) is 12.9. The van der Waals surface area contributed by atoms with E-state index in [4.69, 9.17) is 4.74 Å². The maximum atomic E-state index is 11.9. The van der Waals surface area contributed by atoms with E-state index in [1.807, 2.05) is 42.5 Å². The van der Waals surface area contributed by atoms with Crippen molar-refractivity contribution >= 4 is 23.1 Å². The minimum absolute atomic E-state index is 0.149. The Morgan fingerprint density at radius 2 is 2.00 bits per heavy atom. The third-order valence-corrected chi connectivity index (χ3v) is 3.23. The second-order valence-corrected chi connectivity index (χ2v) is 4.97. The van der Waals surface area contributed by atoms with Gasteiger partial charge >= 0.3 is 0 Å². The third-order valence-electron chi connectivity index (χ3n) is 3.23. The molecular weight excluding hydrogens is 304 g/mol. The van der Waals surface area contributed by atoms with Crippen LogP contribution in [0.5, 0.6) is 5.75 Å². The fraction of sp³-hybridized carbons (Fsp3) is 0.0556. The van der Waals surface area contributed by atoms with E-state index >= 15 is 0 Å². The maximum absolute atomic E-state index is 11.9. The third kappa shape index (κ3) is 3.67. The smallest absolute Gasteiger partial charge is 0.293 e. The molecular formula is C18H16N4O2. The first kappa shape index (κ1) is 15.5. The SMILES string of the molecule is C=CCOc1ccc(/C=N\Nc2nc3ccccc3[nH]c2=O)cc1. The lowest BCUT2D eigenvalue weighted by molar-refractivity contribution is 0.363. The summed E-state index contributed by atoms with van der Waals surface area (Å²) < 4.78 is 5.41. The van der Waals surface area contributed by atoms with E-state index in [0.29, 0.717) is 17.6 Å². The van der Waals surface area contributed by atoms with Gasteiger partial charge in [-0.3, -0.25) is 10.2 Å². The molecule has 3 aromatic rings. The predicted octanol–water partition coefficient (Wildman–Crippen LogP) is 2.93. The molecule has 0 fully saturated rings. The highest BCUT2D eigenvalue weighted by atomic mass is 16.5. The van der Waals surface area contributed by atoms with Crippen LogP contribution in [0.3, 0.4) is 0 Å². The zero-order valence-corrected chi connectivity index (χ0v) is 12.9. The van der Waals surface area contributed by atoms with Crippen molar-refractivity contribution in [2.45, 2.75) is 0 Å². The molecule has 0 bridgehead atoms. The molecule has 0 aliphatic heterocycles. The second-order valence-electron chi connectivity index (χ2n) is 4.97. The Morgan fingerprint density at radius 1 is 1.21 bits per heavy atom. The predicted molar refractivity (Wildman–Crippen MR) is 95.7 cm³/mol. The van der Waals surface area contributed by atoms with Crippen molar-refractivity contribution in [1.82, 2.24) is 9.97 Å². The van der Waals surface area contributed by atoms with Crippen LogP contribution in [0.1, 0.15) is 5.56 Å².